The molecule has 0 bridgehead atoms. The predicted molar refractivity (Wildman–Crippen MR) is 68.4 cm³/mol. The van der Waals surface area contributed by atoms with E-state index in [1.165, 1.54) is 0 Å². The number of nitrogens with one attached hydrogen (secondary N) is 1. The molecule has 0 radical (unpaired) electrons. The first-order valence-corrected chi connectivity index (χ1v) is 6.52. The molecule has 1 N–H and O–H groups in total. The molecule has 0 aromatic rings. The van der Waals surface area contributed by atoms with Gasteiger partial charge in [0.1, 0.15) is 6.61 Å². The molecule has 1 unspecified atom stereocenters. The van der Waals surface area contributed by atoms with Gasteiger partial charge in [-0.1, -0.05) is 6.92 Å². The van der Waals surface area contributed by atoms with Gasteiger partial charge >= 0.3 is 0 Å². The van der Waals surface area contributed by atoms with E-state index in [4.69, 9.17) is 4.74 Å². The predicted octanol–water partition coefficient (Wildman–Crippen LogP) is 0.360. The fourth-order valence-electron chi connectivity index (χ4n) is 1.71. The topological polar surface area (TPSA) is 41.6 Å². The summed E-state index contributed by atoms with van der Waals surface area (Å²) in [7, 11) is 0. The molecule has 2 rings (SSSR count). The summed E-state index contributed by atoms with van der Waals surface area (Å²) in [5.41, 5.74) is 0. The molecule has 4 nitrogen and oxygen atoms in total. The van der Waals surface area contributed by atoms with Crippen LogP contribution >= 0.6 is 24.2 Å². The van der Waals surface area contributed by atoms with Crippen LogP contribution in [0.3, 0.4) is 0 Å². The summed E-state index contributed by atoms with van der Waals surface area (Å²) in [6.07, 6.45) is 0.255. The number of carbonyl (C=O) groups excluding carboxylic acids is 1. The van der Waals surface area contributed by atoms with Gasteiger partial charge in [0, 0.05) is 37.2 Å². The number of amides is 1. The second-order valence-electron chi connectivity index (χ2n) is 4.11. The first kappa shape index (κ1) is 14.1. The second-order valence-corrected chi connectivity index (χ2v) is 5.66. The van der Waals surface area contributed by atoms with Crippen molar-refractivity contribution in [2.45, 2.75) is 18.3 Å². The molecule has 6 heteroatoms. The fraction of sp³-hybridized carbons (Fsp3) is 0.900. The lowest BCUT2D eigenvalue weighted by Gasteiger charge is -2.32. The van der Waals surface area contributed by atoms with Crippen LogP contribution in [0.15, 0.2) is 0 Å². The van der Waals surface area contributed by atoms with Crippen molar-refractivity contribution in [3.63, 3.8) is 0 Å². The Balaban J connectivity index is 0.00000128. The van der Waals surface area contributed by atoms with Gasteiger partial charge in [-0.3, -0.25) is 4.79 Å². The molecule has 2 aliphatic rings. The quantitative estimate of drug-likeness (QED) is 0.801. The molecule has 0 aliphatic carbocycles. The number of hydrogen-bond donors (Lipinski definition) is 1. The summed E-state index contributed by atoms with van der Waals surface area (Å²) < 4.78 is 5.47. The van der Waals surface area contributed by atoms with E-state index in [0.717, 1.165) is 31.9 Å². The fourth-order valence-corrected chi connectivity index (χ4v) is 2.72. The summed E-state index contributed by atoms with van der Waals surface area (Å²) in [6, 6.07) is 0. The van der Waals surface area contributed by atoms with Crippen LogP contribution in [0.1, 0.15) is 6.92 Å². The number of hydrogen-bond acceptors (Lipinski definition) is 4. The van der Waals surface area contributed by atoms with E-state index in [9.17, 15) is 4.79 Å². The lowest BCUT2D eigenvalue weighted by molar-refractivity contribution is -0.139. The standard InChI is InChI=1S/C10H18N2O2S.ClH/c1-8-6-12(2-3-15-8)10(13)7-14-9-4-11-5-9;/h8-9,11H,2-7H2,1H3;1H. The maximum absolute atomic E-state index is 11.8. The van der Waals surface area contributed by atoms with E-state index < -0.39 is 0 Å². The van der Waals surface area contributed by atoms with E-state index in [2.05, 4.69) is 12.2 Å². The Hall–Kier alpha value is 0.0300. The van der Waals surface area contributed by atoms with Gasteiger partial charge in [0.15, 0.2) is 0 Å². The molecule has 0 saturated carbocycles. The van der Waals surface area contributed by atoms with Crippen LogP contribution in [0.4, 0.5) is 0 Å². The van der Waals surface area contributed by atoms with Crippen LogP contribution in [-0.2, 0) is 9.53 Å². The minimum atomic E-state index is 0. The van der Waals surface area contributed by atoms with Crippen molar-refractivity contribution in [1.29, 1.82) is 0 Å². The van der Waals surface area contributed by atoms with Crippen LogP contribution in [0, 0.1) is 0 Å². The Morgan fingerprint density at radius 3 is 2.88 bits per heavy atom. The van der Waals surface area contributed by atoms with Crippen molar-refractivity contribution in [3.05, 3.63) is 0 Å². The highest BCUT2D eigenvalue weighted by molar-refractivity contribution is 7.99. The summed E-state index contributed by atoms with van der Waals surface area (Å²) >= 11 is 1.93. The second kappa shape index (κ2) is 6.69. The van der Waals surface area contributed by atoms with E-state index in [1.807, 2.05) is 16.7 Å². The summed E-state index contributed by atoms with van der Waals surface area (Å²) in [5.74, 6) is 1.20. The van der Waals surface area contributed by atoms with E-state index in [-0.39, 0.29) is 31.0 Å². The molecule has 1 atom stereocenters. The molecule has 16 heavy (non-hydrogen) atoms. The molecular weight excluding hydrogens is 248 g/mol. The summed E-state index contributed by atoms with van der Waals surface area (Å²) in [6.45, 7) is 5.94. The van der Waals surface area contributed by atoms with Crippen molar-refractivity contribution in [1.82, 2.24) is 10.2 Å². The zero-order chi connectivity index (χ0) is 10.7. The number of carbonyl (C=O) groups is 1. The van der Waals surface area contributed by atoms with Gasteiger partial charge in [-0.2, -0.15) is 11.8 Å². The van der Waals surface area contributed by atoms with Gasteiger partial charge in [-0.05, 0) is 0 Å². The number of thioether (sulfide) groups is 1. The Morgan fingerprint density at radius 2 is 2.31 bits per heavy atom. The van der Waals surface area contributed by atoms with Gasteiger partial charge in [-0.15, -0.1) is 12.4 Å². The molecule has 0 aromatic heterocycles. The number of rotatable bonds is 3. The van der Waals surface area contributed by atoms with Crippen molar-refractivity contribution in [2.75, 3.05) is 38.5 Å². The van der Waals surface area contributed by atoms with E-state index in [0.29, 0.717) is 5.25 Å². The summed E-state index contributed by atoms with van der Waals surface area (Å²) in [4.78, 5) is 13.7. The molecule has 0 spiro atoms. The van der Waals surface area contributed by atoms with Gasteiger partial charge in [0.25, 0.3) is 0 Å². The molecular formula is C10H19ClN2O2S. The molecule has 94 valence electrons. The number of halogens is 1. The first-order valence-electron chi connectivity index (χ1n) is 5.47. The molecule has 2 aliphatic heterocycles. The zero-order valence-corrected chi connectivity index (χ0v) is 11.1. The SMILES string of the molecule is CC1CN(C(=O)COC2CNC2)CCS1.Cl. The highest BCUT2D eigenvalue weighted by Crippen LogP contribution is 2.17. The minimum Gasteiger partial charge on any atom is -0.366 e. The maximum Gasteiger partial charge on any atom is 0.248 e. The highest BCUT2D eigenvalue weighted by atomic mass is 35.5. The zero-order valence-electron chi connectivity index (χ0n) is 9.48. The Labute approximate surface area is 107 Å². The van der Waals surface area contributed by atoms with Crippen LogP contribution in [0.25, 0.3) is 0 Å². The monoisotopic (exact) mass is 266 g/mol. The van der Waals surface area contributed by atoms with Crippen molar-refractivity contribution >= 4 is 30.1 Å². The average Bonchev–Trinajstić information content (AvgIpc) is 2.15. The Bertz CT molecular complexity index is 239. The lowest BCUT2D eigenvalue weighted by atomic mass is 10.2. The molecule has 2 saturated heterocycles. The van der Waals surface area contributed by atoms with Crippen molar-refractivity contribution in [2.24, 2.45) is 0 Å². The van der Waals surface area contributed by atoms with E-state index in [1.54, 1.807) is 0 Å². The van der Waals surface area contributed by atoms with Gasteiger partial charge in [-0.25, -0.2) is 0 Å². The molecule has 1 amide bonds. The smallest absolute Gasteiger partial charge is 0.248 e. The normalized spacial score (nSPS) is 25.8. The minimum absolute atomic E-state index is 0. The van der Waals surface area contributed by atoms with Crippen LogP contribution < -0.4 is 5.32 Å². The van der Waals surface area contributed by atoms with Gasteiger partial charge < -0.3 is 15.0 Å². The van der Waals surface area contributed by atoms with Crippen molar-refractivity contribution in [3.8, 4) is 0 Å². The van der Waals surface area contributed by atoms with Gasteiger partial charge in [0.05, 0.1) is 6.10 Å². The van der Waals surface area contributed by atoms with E-state index >= 15 is 0 Å². The Morgan fingerprint density at radius 1 is 1.56 bits per heavy atom. The Kier molecular flexibility index (Phi) is 5.89. The number of nitrogens with zero attached hydrogens (tertiary/aromatic N) is 1. The van der Waals surface area contributed by atoms with Crippen LogP contribution in [0.5, 0.6) is 0 Å². The largest absolute Gasteiger partial charge is 0.366 e. The highest BCUT2D eigenvalue weighted by Gasteiger charge is 2.23. The third kappa shape index (κ3) is 3.80. The molecule has 2 fully saturated rings. The number of ether oxygens (including phenoxy) is 1. The molecule has 2 heterocycles. The maximum atomic E-state index is 11.8. The third-order valence-corrected chi connectivity index (χ3v) is 3.92. The van der Waals surface area contributed by atoms with Crippen molar-refractivity contribution < 1.29 is 9.53 Å². The third-order valence-electron chi connectivity index (χ3n) is 2.78. The first-order chi connectivity index (χ1) is 7.25. The van der Waals surface area contributed by atoms with Crippen LogP contribution in [-0.4, -0.2) is 60.7 Å². The molecule has 0 aromatic carbocycles. The lowest BCUT2D eigenvalue weighted by Crippen LogP contribution is -2.50. The van der Waals surface area contributed by atoms with Gasteiger partial charge in [0.2, 0.25) is 5.91 Å². The average molecular weight is 267 g/mol. The summed E-state index contributed by atoms with van der Waals surface area (Å²) in [5, 5.41) is 3.68. The van der Waals surface area contributed by atoms with Crippen LogP contribution in [0.2, 0.25) is 0 Å².